The van der Waals surface area contributed by atoms with Crippen molar-refractivity contribution in [2.75, 3.05) is 0 Å². The van der Waals surface area contributed by atoms with Crippen LogP contribution < -0.4 is 0 Å². The minimum Gasteiger partial charge on any atom is -0.507 e. The predicted molar refractivity (Wildman–Crippen MR) is 280 cm³/mol. The Labute approximate surface area is 440 Å². The number of rotatable bonds is 8. The van der Waals surface area contributed by atoms with Crippen LogP contribution in [-0.2, 0) is 37.3 Å². The van der Waals surface area contributed by atoms with Crippen LogP contribution in [0.5, 0.6) is 5.75 Å². The zero-order chi connectivity index (χ0) is 62.9. The third-order valence-electron chi connectivity index (χ3n) is 12.0. The molecule has 6 aromatic carbocycles. The maximum absolute atomic E-state index is 12.4. The molecule has 1 N–H and O–H groups in total. The summed E-state index contributed by atoms with van der Waals surface area (Å²) < 4.78 is 157. The standard InChI is InChI=1S/C62H68N3O.Pt/c1-37(2)44-30-45(38(3)4)32-46(31-44)42-21-24-55(40(6)29-42)65-56-18-16-17-51(57(56)64-59(65)52-27-39(5)28-53(58(52)66)62(13,14)15)47-33-48(35-50(34-47)61(10,11)12)54-36-43(25-26-63-54)41-19-22-49(23-20-41)60(7,8)9;/h16-32,34-38,66H,1-15H3;/q-1;/i6D3,7D3,8D3,9D3,19D,20D,22D,23D,37D,38D;. The van der Waals surface area contributed by atoms with E-state index in [2.05, 4.69) is 11.1 Å². The van der Waals surface area contributed by atoms with Crippen LogP contribution in [0.2, 0.25) is 0 Å². The quantitative estimate of drug-likeness (QED) is 0.154. The van der Waals surface area contributed by atoms with Gasteiger partial charge in [-0.15, -0.1) is 29.3 Å². The van der Waals surface area contributed by atoms with Gasteiger partial charge in [-0.05, 0) is 122 Å². The Morgan fingerprint density at radius 3 is 1.97 bits per heavy atom. The second kappa shape index (κ2) is 18.5. The fourth-order valence-corrected chi connectivity index (χ4v) is 8.21. The monoisotopic (exact) mass is 1080 g/mol. The predicted octanol–water partition coefficient (Wildman–Crippen LogP) is 17.0. The number of imidazole rings is 1. The van der Waals surface area contributed by atoms with Crippen molar-refractivity contribution in [1.82, 2.24) is 14.5 Å². The van der Waals surface area contributed by atoms with Gasteiger partial charge in [0, 0.05) is 57.7 Å². The fourth-order valence-electron chi connectivity index (χ4n) is 8.21. The number of fused-ring (bicyclic) bond motifs is 1. The summed E-state index contributed by atoms with van der Waals surface area (Å²) in [4.78, 5) is 10.0. The van der Waals surface area contributed by atoms with Gasteiger partial charge in [0.2, 0.25) is 0 Å². The van der Waals surface area contributed by atoms with Crippen LogP contribution in [0.25, 0.3) is 72.7 Å². The number of para-hydroxylation sites is 1. The Kier molecular flexibility index (Phi) is 8.48. The number of benzene rings is 6. The molecule has 0 bridgehead atoms. The molecule has 0 aliphatic rings. The molecule has 0 unspecified atom stereocenters. The molecule has 0 aliphatic heterocycles. The van der Waals surface area contributed by atoms with Crippen molar-refractivity contribution in [3.8, 4) is 67.5 Å². The first kappa shape index (κ1) is 30.7. The molecular formula is C62H68N3OPt-. The summed E-state index contributed by atoms with van der Waals surface area (Å²) >= 11 is 0. The molecule has 4 nitrogen and oxygen atoms in total. The average molecular weight is 1080 g/mol. The summed E-state index contributed by atoms with van der Waals surface area (Å²) in [5.74, 6) is -1.89. The second-order valence-corrected chi connectivity index (χ2v) is 19.8. The Balaban J connectivity index is 0.0000104. The van der Waals surface area contributed by atoms with Gasteiger partial charge in [0.1, 0.15) is 11.6 Å². The van der Waals surface area contributed by atoms with Crippen molar-refractivity contribution in [2.24, 2.45) is 0 Å². The van der Waals surface area contributed by atoms with Gasteiger partial charge in [-0.3, -0.25) is 9.55 Å². The number of hydrogen-bond donors (Lipinski definition) is 1. The molecule has 0 amide bonds. The van der Waals surface area contributed by atoms with Crippen LogP contribution in [0.15, 0.2) is 121 Å². The molecule has 0 atom stereocenters. The number of hydrogen-bond acceptors (Lipinski definition) is 3. The first-order chi connectivity index (χ1) is 38.2. The van der Waals surface area contributed by atoms with Crippen molar-refractivity contribution in [1.29, 1.82) is 0 Å². The SMILES string of the molecule is [2H]c1c([2H])c(C(C([2H])([2H])[2H])(C([2H])([2H])[2H])C([2H])([2H])[2H])c([2H])c([2H])c1-c1ccnc(-c2[c-]c(-c3cccc4c3nc(-c3cc(C)cc(C(C)(C)C)c3O)n4-c3ccc(-c4cc(C([2H])(C)C)cc(C([2H])(C)C)c4)cc3C([2H])([2H])[2H])cc(C(C)(C)C)c2)c1.[Pt]. The van der Waals surface area contributed by atoms with Gasteiger partial charge in [0.05, 0.1) is 27.8 Å². The van der Waals surface area contributed by atoms with Gasteiger partial charge < -0.3 is 5.11 Å². The van der Waals surface area contributed by atoms with Crippen LogP contribution in [0, 0.1) is 19.8 Å². The molecule has 348 valence electrons. The number of aromatic hydroxyl groups is 1. The molecule has 0 saturated heterocycles. The molecule has 8 rings (SSSR count). The topological polar surface area (TPSA) is 50.9 Å². The number of aromatic nitrogens is 3. The van der Waals surface area contributed by atoms with E-state index in [0.717, 1.165) is 11.1 Å². The van der Waals surface area contributed by atoms with Crippen LogP contribution in [-0.4, -0.2) is 19.6 Å². The Hall–Kier alpha value is -5.57. The molecule has 67 heavy (non-hydrogen) atoms. The molecule has 8 aromatic rings. The third kappa shape index (κ3) is 10.0. The molecule has 5 heteroatoms. The van der Waals surface area contributed by atoms with Gasteiger partial charge >= 0.3 is 0 Å². The van der Waals surface area contributed by atoms with Gasteiger partial charge in [-0.25, -0.2) is 4.98 Å². The average Bonchev–Trinajstić information content (AvgIpc) is 0.939. The third-order valence-corrected chi connectivity index (χ3v) is 12.0. The fraction of sp³-hybridized carbons (Fsp3) is 0.323. The van der Waals surface area contributed by atoms with Crippen molar-refractivity contribution in [2.45, 2.75) is 132 Å². The van der Waals surface area contributed by atoms with Crippen molar-refractivity contribution in [3.63, 3.8) is 0 Å². The summed E-state index contributed by atoms with van der Waals surface area (Å²) in [6.45, 7) is 6.62. The maximum Gasteiger partial charge on any atom is 0.148 e. The van der Waals surface area contributed by atoms with E-state index in [-0.39, 0.29) is 60.7 Å². The Morgan fingerprint density at radius 1 is 0.672 bits per heavy atom. The van der Waals surface area contributed by atoms with Gasteiger partial charge in [0.15, 0.2) is 0 Å². The number of aryl methyl sites for hydroxylation is 2. The molecular weight excluding hydrogens is 998 g/mol. The van der Waals surface area contributed by atoms with E-state index in [4.69, 9.17) is 29.7 Å². The van der Waals surface area contributed by atoms with E-state index < -0.39 is 85.2 Å². The smallest absolute Gasteiger partial charge is 0.148 e. The minimum absolute atomic E-state index is 0. The summed E-state index contributed by atoms with van der Waals surface area (Å²) in [5, 5.41) is 12.4. The van der Waals surface area contributed by atoms with Crippen molar-refractivity contribution < 1.29 is 50.8 Å². The number of pyridine rings is 1. The molecule has 0 fully saturated rings. The first-order valence-electron chi connectivity index (χ1n) is 31.0. The van der Waals surface area contributed by atoms with Crippen LogP contribution in [0.1, 0.15) is 165 Å². The maximum atomic E-state index is 12.4. The summed E-state index contributed by atoms with van der Waals surface area (Å²) in [7, 11) is 0. The van der Waals surface area contributed by atoms with Crippen LogP contribution in [0.3, 0.4) is 0 Å². The molecule has 0 aliphatic carbocycles. The van der Waals surface area contributed by atoms with Crippen molar-refractivity contribution in [3.05, 3.63) is 166 Å². The van der Waals surface area contributed by atoms with E-state index in [1.165, 1.54) is 18.3 Å². The van der Waals surface area contributed by atoms with E-state index in [1.54, 1.807) is 50.5 Å². The van der Waals surface area contributed by atoms with Crippen molar-refractivity contribution >= 4 is 11.0 Å². The van der Waals surface area contributed by atoms with E-state index in [1.807, 2.05) is 109 Å². The molecule has 0 saturated carbocycles. The van der Waals surface area contributed by atoms with Gasteiger partial charge in [-0.2, -0.15) is 0 Å². The Bertz CT molecular complexity index is 3820. The number of phenolic OH excluding ortho intramolecular Hbond substituents is 1. The van der Waals surface area contributed by atoms with E-state index >= 15 is 0 Å². The van der Waals surface area contributed by atoms with Gasteiger partial charge in [-0.1, -0.05) is 174 Å². The molecule has 0 spiro atoms. The number of phenols is 1. The summed E-state index contributed by atoms with van der Waals surface area (Å²) in [6.07, 6.45) is 1.37. The molecule has 2 heterocycles. The Morgan fingerprint density at radius 2 is 1.34 bits per heavy atom. The van der Waals surface area contributed by atoms with E-state index in [9.17, 15) is 5.11 Å². The van der Waals surface area contributed by atoms with Crippen LogP contribution in [0.4, 0.5) is 0 Å². The molecule has 2 aromatic heterocycles. The molecule has 0 radical (unpaired) electrons. The zero-order valence-corrected chi connectivity index (χ0v) is 42.1. The largest absolute Gasteiger partial charge is 0.507 e. The van der Waals surface area contributed by atoms with E-state index in [0.29, 0.717) is 61.1 Å². The first-order valence-corrected chi connectivity index (χ1v) is 22.0. The number of nitrogens with zero attached hydrogens (tertiary/aromatic N) is 3. The normalized spacial score (nSPS) is 17.3. The zero-order valence-electron chi connectivity index (χ0n) is 57.8. The second-order valence-electron chi connectivity index (χ2n) is 19.8. The minimum atomic E-state index is -3.85. The van der Waals surface area contributed by atoms with Crippen LogP contribution >= 0.6 is 0 Å². The van der Waals surface area contributed by atoms with Gasteiger partial charge in [0.25, 0.3) is 0 Å². The summed E-state index contributed by atoms with van der Waals surface area (Å²) in [6, 6.07) is 26.0. The summed E-state index contributed by atoms with van der Waals surface area (Å²) in [5.41, 5.74) is 1.40.